The molecule has 1 aromatic rings. The number of nitrogens with one attached hydrogen (secondary N) is 1. The molecule has 2 unspecified atom stereocenters. The minimum Gasteiger partial charge on any atom is -0.381 e. The molecule has 2 rings (SSSR count). The van der Waals surface area contributed by atoms with Gasteiger partial charge in [0.2, 0.25) is 0 Å². The topological polar surface area (TPSA) is 15.3 Å². The van der Waals surface area contributed by atoms with Crippen LogP contribution in [0.3, 0.4) is 0 Å². The molecule has 1 fully saturated rings. The van der Waals surface area contributed by atoms with Gasteiger partial charge >= 0.3 is 0 Å². The third kappa shape index (κ3) is 3.84. The largest absolute Gasteiger partial charge is 0.381 e. The molecule has 1 aliphatic rings. The molecular weight excluding hydrogens is 403 g/mol. The van der Waals surface area contributed by atoms with Crippen molar-refractivity contribution in [2.24, 2.45) is 5.92 Å². The lowest BCUT2D eigenvalue weighted by Crippen LogP contribution is -2.39. The molecule has 0 aliphatic carbocycles. The summed E-state index contributed by atoms with van der Waals surface area (Å²) in [6.45, 7) is 4.76. The van der Waals surface area contributed by atoms with Crippen LogP contribution in [-0.2, 0) is 0 Å². The normalized spacial score (nSPS) is 22.8. The first-order chi connectivity index (χ1) is 8.56. The van der Waals surface area contributed by atoms with Crippen LogP contribution in [0.4, 0.5) is 5.69 Å². The van der Waals surface area contributed by atoms with Crippen LogP contribution in [0.2, 0.25) is 0 Å². The Kier molecular flexibility index (Phi) is 5.33. The summed E-state index contributed by atoms with van der Waals surface area (Å²) in [6, 6.07) is 6.93. The minimum atomic E-state index is 0.524. The van der Waals surface area contributed by atoms with E-state index >= 15 is 0 Å². The van der Waals surface area contributed by atoms with Gasteiger partial charge in [-0.2, -0.15) is 0 Å². The zero-order valence-electron chi connectivity index (χ0n) is 10.9. The highest BCUT2D eigenvalue weighted by Gasteiger charge is 2.23. The molecule has 2 nitrogen and oxygen atoms in total. The SMILES string of the molecule is CC(Nc1cc(Br)ccc1I)C1CCCN(C)C1. The number of hydrogen-bond donors (Lipinski definition) is 1. The van der Waals surface area contributed by atoms with Crippen LogP contribution < -0.4 is 5.32 Å². The molecule has 1 aromatic carbocycles. The van der Waals surface area contributed by atoms with E-state index in [1.54, 1.807) is 0 Å². The average molecular weight is 423 g/mol. The number of benzene rings is 1. The number of rotatable bonds is 3. The number of hydrogen-bond acceptors (Lipinski definition) is 2. The summed E-state index contributed by atoms with van der Waals surface area (Å²) in [5, 5.41) is 3.68. The molecular formula is C14H20BrIN2. The minimum absolute atomic E-state index is 0.524. The molecule has 0 amide bonds. The van der Waals surface area contributed by atoms with E-state index in [0.717, 1.165) is 10.4 Å². The number of nitrogens with zero attached hydrogens (tertiary/aromatic N) is 1. The van der Waals surface area contributed by atoms with Gasteiger partial charge in [-0.05, 0) is 80.1 Å². The predicted octanol–water partition coefficient (Wildman–Crippen LogP) is 4.20. The maximum absolute atomic E-state index is 3.68. The van der Waals surface area contributed by atoms with Crippen LogP contribution in [0.1, 0.15) is 19.8 Å². The highest BCUT2D eigenvalue weighted by atomic mass is 127. The molecule has 100 valence electrons. The van der Waals surface area contributed by atoms with E-state index in [1.165, 1.54) is 35.2 Å². The van der Waals surface area contributed by atoms with Gasteiger partial charge in [0.05, 0.1) is 0 Å². The molecule has 0 spiro atoms. The van der Waals surface area contributed by atoms with Crippen molar-refractivity contribution in [3.8, 4) is 0 Å². The van der Waals surface area contributed by atoms with Crippen molar-refractivity contribution in [1.29, 1.82) is 0 Å². The number of halogens is 2. The second-order valence-electron chi connectivity index (χ2n) is 5.22. The zero-order chi connectivity index (χ0) is 13.1. The first-order valence-electron chi connectivity index (χ1n) is 6.46. The number of piperidine rings is 1. The molecule has 0 radical (unpaired) electrons. The van der Waals surface area contributed by atoms with Crippen molar-refractivity contribution in [3.05, 3.63) is 26.2 Å². The van der Waals surface area contributed by atoms with Crippen LogP contribution in [0, 0.1) is 9.49 Å². The van der Waals surface area contributed by atoms with E-state index < -0.39 is 0 Å². The maximum atomic E-state index is 3.68. The Hall–Kier alpha value is 0.190. The van der Waals surface area contributed by atoms with Crippen LogP contribution in [0.5, 0.6) is 0 Å². The lowest BCUT2D eigenvalue weighted by Gasteiger charge is -2.34. The maximum Gasteiger partial charge on any atom is 0.0489 e. The Labute approximate surface area is 132 Å². The summed E-state index contributed by atoms with van der Waals surface area (Å²) in [5.41, 5.74) is 1.24. The Balaban J connectivity index is 2.01. The third-order valence-electron chi connectivity index (χ3n) is 3.68. The van der Waals surface area contributed by atoms with E-state index in [4.69, 9.17) is 0 Å². The summed E-state index contributed by atoms with van der Waals surface area (Å²) in [4.78, 5) is 2.44. The van der Waals surface area contributed by atoms with Crippen LogP contribution >= 0.6 is 38.5 Å². The van der Waals surface area contributed by atoms with Crippen molar-refractivity contribution in [2.75, 3.05) is 25.5 Å². The van der Waals surface area contributed by atoms with Crippen molar-refractivity contribution < 1.29 is 0 Å². The fourth-order valence-electron chi connectivity index (χ4n) is 2.59. The monoisotopic (exact) mass is 422 g/mol. The van der Waals surface area contributed by atoms with Crippen LogP contribution in [0.25, 0.3) is 0 Å². The summed E-state index contributed by atoms with van der Waals surface area (Å²) in [7, 11) is 2.22. The van der Waals surface area contributed by atoms with Gasteiger partial charge in [-0.25, -0.2) is 0 Å². The van der Waals surface area contributed by atoms with Crippen molar-refractivity contribution in [2.45, 2.75) is 25.8 Å². The Morgan fingerprint density at radius 1 is 1.50 bits per heavy atom. The molecule has 0 aromatic heterocycles. The van der Waals surface area contributed by atoms with Gasteiger partial charge in [-0.1, -0.05) is 15.9 Å². The van der Waals surface area contributed by atoms with Gasteiger partial charge in [0, 0.05) is 26.3 Å². The first-order valence-corrected chi connectivity index (χ1v) is 8.33. The second-order valence-corrected chi connectivity index (χ2v) is 7.30. The predicted molar refractivity (Wildman–Crippen MR) is 90.2 cm³/mol. The van der Waals surface area contributed by atoms with Crippen LogP contribution in [-0.4, -0.2) is 31.1 Å². The van der Waals surface area contributed by atoms with Crippen molar-refractivity contribution in [1.82, 2.24) is 4.90 Å². The summed E-state index contributed by atoms with van der Waals surface area (Å²) < 4.78 is 2.42. The van der Waals surface area contributed by atoms with Gasteiger partial charge in [0.25, 0.3) is 0 Å². The van der Waals surface area contributed by atoms with Gasteiger partial charge in [-0.15, -0.1) is 0 Å². The molecule has 1 heterocycles. The van der Waals surface area contributed by atoms with Gasteiger partial charge in [0.1, 0.15) is 0 Å². The summed E-state index contributed by atoms with van der Waals surface area (Å²) in [6.07, 6.45) is 2.66. The van der Waals surface area contributed by atoms with Gasteiger partial charge in [-0.3, -0.25) is 0 Å². The first kappa shape index (κ1) is 14.6. The standard InChI is InChI=1S/C14H20BrIN2/c1-10(11-4-3-7-18(2)9-11)17-14-8-12(15)5-6-13(14)16/h5-6,8,10-11,17H,3-4,7,9H2,1-2H3. The fraction of sp³-hybridized carbons (Fsp3) is 0.571. The summed E-state index contributed by atoms with van der Waals surface area (Å²) >= 11 is 5.93. The molecule has 1 saturated heterocycles. The highest BCUT2D eigenvalue weighted by molar-refractivity contribution is 14.1. The Bertz CT molecular complexity index is 411. The van der Waals surface area contributed by atoms with E-state index in [2.05, 4.69) is 80.9 Å². The van der Waals surface area contributed by atoms with Crippen molar-refractivity contribution >= 4 is 44.2 Å². The molecule has 1 aliphatic heterocycles. The molecule has 1 N–H and O–H groups in total. The number of anilines is 1. The van der Waals surface area contributed by atoms with Gasteiger partial charge in [0.15, 0.2) is 0 Å². The smallest absolute Gasteiger partial charge is 0.0489 e. The van der Waals surface area contributed by atoms with E-state index in [9.17, 15) is 0 Å². The highest BCUT2D eigenvalue weighted by Crippen LogP contribution is 2.26. The molecule has 0 bridgehead atoms. The second kappa shape index (κ2) is 6.57. The Morgan fingerprint density at radius 2 is 2.28 bits per heavy atom. The lowest BCUT2D eigenvalue weighted by atomic mass is 9.92. The van der Waals surface area contributed by atoms with E-state index in [0.29, 0.717) is 6.04 Å². The molecule has 0 saturated carbocycles. The van der Waals surface area contributed by atoms with Gasteiger partial charge < -0.3 is 10.2 Å². The van der Waals surface area contributed by atoms with Crippen molar-refractivity contribution in [3.63, 3.8) is 0 Å². The quantitative estimate of drug-likeness (QED) is 0.734. The molecule has 2 atom stereocenters. The average Bonchev–Trinajstić information content (AvgIpc) is 2.34. The molecule has 4 heteroatoms. The molecule has 18 heavy (non-hydrogen) atoms. The summed E-state index contributed by atoms with van der Waals surface area (Å²) in [5.74, 6) is 0.749. The lowest BCUT2D eigenvalue weighted by molar-refractivity contribution is 0.197. The van der Waals surface area contributed by atoms with Crippen LogP contribution in [0.15, 0.2) is 22.7 Å². The fourth-order valence-corrected chi connectivity index (χ4v) is 3.44. The third-order valence-corrected chi connectivity index (χ3v) is 5.11. The number of likely N-dealkylation sites (tertiary alicyclic amines) is 1. The van der Waals surface area contributed by atoms with E-state index in [-0.39, 0.29) is 0 Å². The van der Waals surface area contributed by atoms with E-state index in [1.807, 2.05) is 0 Å². The zero-order valence-corrected chi connectivity index (χ0v) is 14.7. The Morgan fingerprint density at radius 3 is 3.00 bits per heavy atom.